The van der Waals surface area contributed by atoms with Crippen LogP contribution in [-0.4, -0.2) is 34.4 Å². The van der Waals surface area contributed by atoms with Gasteiger partial charge in [0.05, 0.1) is 5.75 Å². The highest BCUT2D eigenvalue weighted by Gasteiger charge is 2.04. The molecule has 6 nitrogen and oxygen atoms in total. The van der Waals surface area contributed by atoms with E-state index in [4.69, 9.17) is 10.7 Å². The minimum absolute atomic E-state index is 0.0611. The van der Waals surface area contributed by atoms with Crippen LogP contribution in [0.25, 0.3) is 0 Å². The van der Waals surface area contributed by atoms with Crippen LogP contribution in [0, 0.1) is 0 Å². The van der Waals surface area contributed by atoms with Crippen molar-refractivity contribution < 1.29 is 8.42 Å². The van der Waals surface area contributed by atoms with Crippen molar-refractivity contribution >= 4 is 19.7 Å². The number of tetrazole rings is 1. The summed E-state index contributed by atoms with van der Waals surface area (Å²) in [5, 5.41) is 10.3. The molecule has 1 rings (SSSR count). The molecule has 0 saturated heterocycles. The largest absolute Gasteiger partial charge is 0.232 e. The summed E-state index contributed by atoms with van der Waals surface area (Å²) in [7, 11) is 1.60. The second kappa shape index (κ2) is 3.81. The Morgan fingerprint density at radius 2 is 2.25 bits per heavy atom. The van der Waals surface area contributed by atoms with Gasteiger partial charge < -0.3 is 0 Å². The fraction of sp³-hybridized carbons (Fsp3) is 0.750. The van der Waals surface area contributed by atoms with Crippen molar-refractivity contribution in [3.63, 3.8) is 0 Å². The lowest BCUT2D eigenvalue weighted by atomic mass is 10.5. The molecular weight excluding hydrogens is 204 g/mol. The molecule has 12 heavy (non-hydrogen) atoms. The SMILES string of the molecule is O=S(=O)(Cl)CCCn1cnnn1. The molecule has 0 bridgehead atoms. The first-order valence-electron chi connectivity index (χ1n) is 3.21. The van der Waals surface area contributed by atoms with Gasteiger partial charge in [-0.2, -0.15) is 0 Å². The Morgan fingerprint density at radius 3 is 2.75 bits per heavy atom. The summed E-state index contributed by atoms with van der Waals surface area (Å²) in [5.41, 5.74) is 0. The van der Waals surface area contributed by atoms with Crippen LogP contribution in [0.1, 0.15) is 6.42 Å². The van der Waals surface area contributed by atoms with Crippen LogP contribution < -0.4 is 0 Å². The van der Waals surface area contributed by atoms with Gasteiger partial charge in [-0.25, -0.2) is 13.1 Å². The number of aryl methyl sites for hydroxylation is 1. The smallest absolute Gasteiger partial charge is 0.232 e. The van der Waals surface area contributed by atoms with Crippen molar-refractivity contribution in [2.75, 3.05) is 5.75 Å². The highest BCUT2D eigenvalue weighted by molar-refractivity contribution is 8.13. The van der Waals surface area contributed by atoms with E-state index in [9.17, 15) is 8.42 Å². The highest BCUT2D eigenvalue weighted by Crippen LogP contribution is 1.99. The Labute approximate surface area is 73.9 Å². The number of hydrogen-bond donors (Lipinski definition) is 0. The molecule has 0 radical (unpaired) electrons. The first kappa shape index (κ1) is 9.40. The lowest BCUT2D eigenvalue weighted by molar-refractivity contribution is 0.567. The molecule has 0 saturated carbocycles. The maximum atomic E-state index is 10.5. The lowest BCUT2D eigenvalue weighted by Crippen LogP contribution is -2.04. The Morgan fingerprint density at radius 1 is 1.50 bits per heavy atom. The predicted octanol–water partition coefficient (Wildman–Crippen LogP) is -0.368. The quantitative estimate of drug-likeness (QED) is 0.634. The molecule has 1 aromatic rings. The molecular formula is C4H7ClN4O2S. The van der Waals surface area contributed by atoms with E-state index in [0.29, 0.717) is 13.0 Å². The van der Waals surface area contributed by atoms with Crippen molar-refractivity contribution in [3.8, 4) is 0 Å². The second-order valence-electron chi connectivity index (χ2n) is 2.17. The van der Waals surface area contributed by atoms with Crippen LogP contribution in [0.15, 0.2) is 6.33 Å². The molecule has 0 N–H and O–H groups in total. The average molecular weight is 211 g/mol. The van der Waals surface area contributed by atoms with Gasteiger partial charge in [-0.05, 0) is 16.8 Å². The van der Waals surface area contributed by atoms with Crippen molar-refractivity contribution in [2.45, 2.75) is 13.0 Å². The average Bonchev–Trinajstić information content (AvgIpc) is 2.36. The van der Waals surface area contributed by atoms with Crippen LogP contribution in [0.3, 0.4) is 0 Å². The van der Waals surface area contributed by atoms with E-state index in [1.807, 2.05) is 0 Å². The van der Waals surface area contributed by atoms with Gasteiger partial charge in [0.2, 0.25) is 9.05 Å². The van der Waals surface area contributed by atoms with Gasteiger partial charge in [0.1, 0.15) is 6.33 Å². The maximum Gasteiger partial charge on any atom is 0.232 e. The van der Waals surface area contributed by atoms with Gasteiger partial charge in [-0.1, -0.05) is 0 Å². The zero-order valence-electron chi connectivity index (χ0n) is 6.09. The molecule has 0 amide bonds. The van der Waals surface area contributed by atoms with E-state index >= 15 is 0 Å². The first-order chi connectivity index (χ1) is 5.58. The molecule has 1 heterocycles. The molecule has 0 spiro atoms. The summed E-state index contributed by atoms with van der Waals surface area (Å²) in [4.78, 5) is 0. The molecule has 0 aliphatic carbocycles. The molecule has 0 unspecified atom stereocenters. The second-order valence-corrected chi connectivity index (χ2v) is 5.07. The van der Waals surface area contributed by atoms with Gasteiger partial charge in [-0.3, -0.25) is 0 Å². The van der Waals surface area contributed by atoms with Crippen LogP contribution in [0.5, 0.6) is 0 Å². The van der Waals surface area contributed by atoms with Gasteiger partial charge in [-0.15, -0.1) is 5.10 Å². The van der Waals surface area contributed by atoms with Crippen LogP contribution in [0.4, 0.5) is 0 Å². The maximum absolute atomic E-state index is 10.5. The van der Waals surface area contributed by atoms with Crippen molar-refractivity contribution in [1.82, 2.24) is 20.2 Å². The van der Waals surface area contributed by atoms with Crippen LogP contribution in [-0.2, 0) is 15.6 Å². The van der Waals surface area contributed by atoms with Crippen molar-refractivity contribution in [1.29, 1.82) is 0 Å². The zero-order chi connectivity index (χ0) is 9.03. The van der Waals surface area contributed by atoms with E-state index < -0.39 is 9.05 Å². The Hall–Kier alpha value is -0.690. The molecule has 0 aliphatic heterocycles. The van der Waals surface area contributed by atoms with E-state index in [2.05, 4.69) is 15.5 Å². The van der Waals surface area contributed by atoms with E-state index in [1.165, 1.54) is 11.0 Å². The molecule has 0 fully saturated rings. The Kier molecular flexibility index (Phi) is 2.99. The molecule has 0 aromatic carbocycles. The minimum atomic E-state index is -3.39. The summed E-state index contributed by atoms with van der Waals surface area (Å²) in [6.45, 7) is 0.457. The van der Waals surface area contributed by atoms with Crippen LogP contribution in [0.2, 0.25) is 0 Å². The molecule has 0 aliphatic rings. The Balaban J connectivity index is 2.29. The molecule has 8 heteroatoms. The van der Waals surface area contributed by atoms with Gasteiger partial charge >= 0.3 is 0 Å². The molecule has 0 atom stereocenters. The summed E-state index contributed by atoms with van der Waals surface area (Å²) >= 11 is 0. The van der Waals surface area contributed by atoms with Crippen molar-refractivity contribution in [3.05, 3.63) is 6.33 Å². The monoisotopic (exact) mass is 210 g/mol. The van der Waals surface area contributed by atoms with E-state index in [-0.39, 0.29) is 5.75 Å². The van der Waals surface area contributed by atoms with Gasteiger partial charge in [0.25, 0.3) is 0 Å². The number of hydrogen-bond acceptors (Lipinski definition) is 5. The third kappa shape index (κ3) is 3.63. The summed E-state index contributed by atoms with van der Waals surface area (Å²) in [6.07, 6.45) is 1.83. The summed E-state index contributed by atoms with van der Waals surface area (Å²) in [5.74, 6) is -0.0611. The fourth-order valence-electron chi connectivity index (χ4n) is 0.682. The lowest BCUT2D eigenvalue weighted by Gasteiger charge is -1.95. The Bertz CT molecular complexity index is 321. The number of aromatic nitrogens is 4. The minimum Gasteiger partial charge on any atom is -0.232 e. The van der Waals surface area contributed by atoms with Crippen LogP contribution >= 0.6 is 10.7 Å². The number of halogens is 1. The number of nitrogens with zero attached hydrogens (tertiary/aromatic N) is 4. The standard InChI is InChI=1S/C4H7ClN4O2S/c5-12(10,11)3-1-2-9-4-6-7-8-9/h4H,1-3H2. The van der Waals surface area contributed by atoms with Gasteiger partial charge in [0, 0.05) is 17.2 Å². The topological polar surface area (TPSA) is 77.7 Å². The first-order valence-corrected chi connectivity index (χ1v) is 5.69. The zero-order valence-corrected chi connectivity index (χ0v) is 7.66. The highest BCUT2D eigenvalue weighted by atomic mass is 35.7. The summed E-state index contributed by atoms with van der Waals surface area (Å²) in [6, 6.07) is 0. The van der Waals surface area contributed by atoms with E-state index in [0.717, 1.165) is 0 Å². The van der Waals surface area contributed by atoms with E-state index in [1.54, 1.807) is 0 Å². The van der Waals surface area contributed by atoms with Gasteiger partial charge in [0.15, 0.2) is 0 Å². The number of rotatable bonds is 4. The third-order valence-corrected chi connectivity index (χ3v) is 2.41. The fourth-order valence-corrected chi connectivity index (χ4v) is 1.48. The van der Waals surface area contributed by atoms with Crippen molar-refractivity contribution in [2.24, 2.45) is 0 Å². The predicted molar refractivity (Wildman–Crippen MR) is 42.1 cm³/mol. The summed E-state index contributed by atoms with van der Waals surface area (Å²) < 4.78 is 22.4. The normalized spacial score (nSPS) is 11.8. The molecule has 1 aromatic heterocycles. The molecule has 68 valence electrons. The third-order valence-electron chi connectivity index (χ3n) is 1.17.